The molecule has 2 aromatic rings. The second kappa shape index (κ2) is 13.0. The fourth-order valence-corrected chi connectivity index (χ4v) is 5.06. The van der Waals surface area contributed by atoms with E-state index in [0.29, 0.717) is 6.42 Å². The third kappa shape index (κ3) is 7.34. The second-order valence-corrected chi connectivity index (χ2v) is 10.2. The smallest absolute Gasteiger partial charge is 0.459 e. The molecule has 0 bridgehead atoms. The summed E-state index contributed by atoms with van der Waals surface area (Å²) in [6.45, 7) is 2.47. The van der Waals surface area contributed by atoms with Gasteiger partial charge in [-0.1, -0.05) is 36.7 Å². The van der Waals surface area contributed by atoms with Crippen LogP contribution in [-0.2, 0) is 23.4 Å². The van der Waals surface area contributed by atoms with Gasteiger partial charge in [0.25, 0.3) is 5.56 Å². The van der Waals surface area contributed by atoms with E-state index < -0.39 is 61.8 Å². The van der Waals surface area contributed by atoms with Crippen molar-refractivity contribution in [3.8, 4) is 5.75 Å². The number of carbonyl (C=O) groups is 1. The summed E-state index contributed by atoms with van der Waals surface area (Å²) in [5.41, 5.74) is 5.06. The summed E-state index contributed by atoms with van der Waals surface area (Å²) < 4.78 is 36.3. The Morgan fingerprint density at radius 2 is 2.05 bits per heavy atom. The minimum atomic E-state index is -4.49. The second-order valence-electron chi connectivity index (χ2n) is 8.54. The van der Waals surface area contributed by atoms with Gasteiger partial charge in [0.1, 0.15) is 24.0 Å². The van der Waals surface area contributed by atoms with Gasteiger partial charge in [-0.25, -0.2) is 9.36 Å². The number of aromatic nitrogens is 2. The van der Waals surface area contributed by atoms with E-state index in [2.05, 4.69) is 15.1 Å². The highest BCUT2D eigenvalue weighted by molar-refractivity contribution is 7.52. The molecule has 0 aliphatic carbocycles. The number of nitrogens with zero attached hydrogens (tertiary/aromatic N) is 4. The summed E-state index contributed by atoms with van der Waals surface area (Å²) in [5, 5.41) is 27.2. The first-order valence-electron chi connectivity index (χ1n) is 11.9. The van der Waals surface area contributed by atoms with Gasteiger partial charge in [0.05, 0.1) is 13.2 Å². The van der Waals surface area contributed by atoms with E-state index in [0.717, 1.165) is 23.3 Å². The minimum absolute atomic E-state index is 0.0864. The maximum Gasteiger partial charge on any atom is 0.459 e. The first-order chi connectivity index (χ1) is 18.5. The van der Waals surface area contributed by atoms with Gasteiger partial charge in [-0.15, -0.1) is 0 Å². The summed E-state index contributed by atoms with van der Waals surface area (Å²) >= 11 is 0. The maximum absolute atomic E-state index is 13.8. The van der Waals surface area contributed by atoms with Gasteiger partial charge in [-0.3, -0.25) is 23.7 Å². The molecular formula is C22H29N6O10P. The Labute approximate surface area is 221 Å². The number of unbranched alkanes of at least 4 members (excludes halogenated alkanes) is 1. The number of rotatable bonds is 13. The van der Waals surface area contributed by atoms with Gasteiger partial charge in [0.2, 0.25) is 5.72 Å². The number of ether oxygens (including phenoxy) is 2. The van der Waals surface area contributed by atoms with E-state index in [1.165, 1.54) is 19.1 Å². The fraction of sp³-hybridized carbons (Fsp3) is 0.500. The molecule has 2 heterocycles. The highest BCUT2D eigenvalue weighted by atomic mass is 31.2. The Morgan fingerprint density at radius 1 is 1.33 bits per heavy atom. The van der Waals surface area contributed by atoms with Crippen LogP contribution >= 0.6 is 7.75 Å². The molecule has 16 nitrogen and oxygen atoms in total. The zero-order valence-electron chi connectivity index (χ0n) is 21.1. The van der Waals surface area contributed by atoms with Crippen LogP contribution in [0.15, 0.2) is 57.3 Å². The van der Waals surface area contributed by atoms with E-state index in [4.69, 9.17) is 24.1 Å². The number of hydrogen-bond donors (Lipinski definition) is 4. The maximum atomic E-state index is 13.8. The molecule has 1 saturated heterocycles. The number of azide groups is 1. The summed E-state index contributed by atoms with van der Waals surface area (Å²) in [4.78, 5) is 40.6. The molecule has 0 saturated carbocycles. The zero-order valence-corrected chi connectivity index (χ0v) is 22.0. The normalized spacial score (nSPS) is 24.8. The van der Waals surface area contributed by atoms with Crippen molar-refractivity contribution in [1.82, 2.24) is 14.6 Å². The van der Waals surface area contributed by atoms with Crippen molar-refractivity contribution >= 4 is 13.7 Å². The number of aromatic amines is 1. The first kappa shape index (κ1) is 30.1. The lowest BCUT2D eigenvalue weighted by atomic mass is 10.1. The quantitative estimate of drug-likeness (QED) is 0.0672. The van der Waals surface area contributed by atoms with Crippen molar-refractivity contribution in [2.45, 2.75) is 56.9 Å². The molecule has 212 valence electrons. The Kier molecular flexibility index (Phi) is 10.1. The highest BCUT2D eigenvalue weighted by Gasteiger charge is 2.56. The summed E-state index contributed by atoms with van der Waals surface area (Å²) in [6.07, 6.45) is -3.05. The van der Waals surface area contributed by atoms with Gasteiger partial charge in [0, 0.05) is 17.2 Å². The molecule has 0 amide bonds. The lowest BCUT2D eigenvalue weighted by Crippen LogP contribution is -2.45. The van der Waals surface area contributed by atoms with Crippen molar-refractivity contribution in [2.75, 3.05) is 13.2 Å². The van der Waals surface area contributed by atoms with Crippen LogP contribution in [0.1, 0.15) is 32.9 Å². The van der Waals surface area contributed by atoms with Gasteiger partial charge in [0.15, 0.2) is 6.23 Å². The number of esters is 1. The molecule has 1 unspecified atom stereocenters. The van der Waals surface area contributed by atoms with Crippen LogP contribution in [-0.4, -0.2) is 62.9 Å². The third-order valence-electron chi connectivity index (χ3n) is 5.60. The predicted molar refractivity (Wildman–Crippen MR) is 134 cm³/mol. The lowest BCUT2D eigenvalue weighted by molar-refractivity contribution is -0.145. The molecule has 17 heteroatoms. The van der Waals surface area contributed by atoms with Crippen LogP contribution in [0.2, 0.25) is 0 Å². The van der Waals surface area contributed by atoms with Crippen LogP contribution in [0.25, 0.3) is 10.4 Å². The van der Waals surface area contributed by atoms with Crippen LogP contribution in [0.3, 0.4) is 0 Å². The monoisotopic (exact) mass is 568 g/mol. The molecule has 0 radical (unpaired) electrons. The zero-order chi connectivity index (χ0) is 28.6. The number of nitrogens with one attached hydrogen (secondary N) is 2. The molecule has 4 N–H and O–H groups in total. The largest absolute Gasteiger partial charge is 0.465 e. The van der Waals surface area contributed by atoms with Gasteiger partial charge >= 0.3 is 19.4 Å². The van der Waals surface area contributed by atoms with Crippen molar-refractivity contribution < 1.29 is 38.1 Å². The van der Waals surface area contributed by atoms with Crippen LogP contribution < -0.4 is 20.9 Å². The number of aliphatic hydroxyl groups is 2. The molecule has 0 spiro atoms. The standard InChI is InChI=1S/C22H29N6O10P/c1-3-4-12-35-20(32)14(2)25-39(34,38-15-8-6-5-7-9-15)36-13-22(26-27-23)18(31)17(30)19(37-22)28-11-10-16(29)24-21(28)33/h5-11,14,17-19,30-31H,3-4,12-13H2,1-2H3,(H,25,34)(H,24,29,33)/t14-,17+,18-,19+,22+,39?/m0/s1. The molecule has 1 aliphatic rings. The number of H-pyrrole nitrogens is 1. The van der Waals surface area contributed by atoms with Crippen molar-refractivity contribution in [2.24, 2.45) is 5.11 Å². The molecule has 1 fully saturated rings. The Morgan fingerprint density at radius 3 is 2.69 bits per heavy atom. The van der Waals surface area contributed by atoms with E-state index >= 15 is 0 Å². The number of benzene rings is 1. The van der Waals surface area contributed by atoms with Crippen LogP contribution in [0, 0.1) is 0 Å². The highest BCUT2D eigenvalue weighted by Crippen LogP contribution is 2.48. The molecular weight excluding hydrogens is 539 g/mol. The first-order valence-corrected chi connectivity index (χ1v) is 13.4. The van der Waals surface area contributed by atoms with Gasteiger partial charge in [-0.05, 0) is 31.0 Å². The molecule has 1 aromatic carbocycles. The molecule has 39 heavy (non-hydrogen) atoms. The van der Waals surface area contributed by atoms with E-state index in [1.807, 2.05) is 11.9 Å². The topological polar surface area (TPSA) is 227 Å². The molecule has 1 aliphatic heterocycles. The average molecular weight is 568 g/mol. The summed E-state index contributed by atoms with van der Waals surface area (Å²) in [5.74, 6) is -0.651. The molecule has 6 atom stereocenters. The van der Waals surface area contributed by atoms with E-state index in [9.17, 15) is 29.2 Å². The number of carbonyl (C=O) groups excluding carboxylic acids is 1. The number of para-hydroxylation sites is 1. The van der Waals surface area contributed by atoms with Gasteiger partial charge < -0.3 is 24.2 Å². The molecule has 1 aromatic heterocycles. The minimum Gasteiger partial charge on any atom is -0.465 e. The summed E-state index contributed by atoms with van der Waals surface area (Å²) in [7, 11) is -4.49. The van der Waals surface area contributed by atoms with Crippen LogP contribution in [0.4, 0.5) is 0 Å². The Bertz CT molecular complexity index is 1350. The summed E-state index contributed by atoms with van der Waals surface area (Å²) in [6, 6.07) is 7.59. The SMILES string of the molecule is CCCCOC(=O)[C@H](C)NP(=O)(OC[C@@]1(N=[N+]=[N-])O[C@@H](n2ccc(=O)[nH]c2=O)[C@H](O)[C@@H]1O)Oc1ccccc1. The van der Waals surface area contributed by atoms with Crippen molar-refractivity contribution in [1.29, 1.82) is 0 Å². The predicted octanol–water partition coefficient (Wildman–Crippen LogP) is 1.32. The third-order valence-corrected chi connectivity index (χ3v) is 7.22. The molecule has 3 rings (SSSR count). The van der Waals surface area contributed by atoms with E-state index in [-0.39, 0.29) is 12.4 Å². The number of aliphatic hydroxyl groups excluding tert-OH is 2. The Balaban J connectivity index is 1.88. The van der Waals surface area contributed by atoms with Crippen molar-refractivity contribution in [3.63, 3.8) is 0 Å². The number of hydrogen-bond acceptors (Lipinski definition) is 11. The average Bonchev–Trinajstić information content (AvgIpc) is 3.14. The van der Waals surface area contributed by atoms with Crippen LogP contribution in [0.5, 0.6) is 5.75 Å². The lowest BCUT2D eigenvalue weighted by Gasteiger charge is -2.29. The van der Waals surface area contributed by atoms with Gasteiger partial charge in [-0.2, -0.15) is 5.09 Å². The van der Waals surface area contributed by atoms with E-state index in [1.54, 1.807) is 18.2 Å². The van der Waals surface area contributed by atoms with Crippen molar-refractivity contribution in [3.05, 3.63) is 73.9 Å². The Hall–Kier alpha value is -3.49. The fourth-order valence-electron chi connectivity index (χ4n) is 3.55.